The normalized spacial score (nSPS) is 23.2. The Kier molecular flexibility index (Phi) is 4.56. The number of sulfonamides is 1. The maximum Gasteiger partial charge on any atom is 0.241 e. The van der Waals surface area contributed by atoms with Crippen molar-refractivity contribution in [3.8, 4) is 0 Å². The van der Waals surface area contributed by atoms with Gasteiger partial charge in [0.05, 0.1) is 17.0 Å². The van der Waals surface area contributed by atoms with E-state index < -0.39 is 15.6 Å². The molecule has 0 amide bonds. The minimum atomic E-state index is -3.60. The van der Waals surface area contributed by atoms with E-state index in [4.69, 9.17) is 10.5 Å². The number of hydrogen-bond donors (Lipinski definition) is 2. The molecular formula is C13H19BrN2O3S. The van der Waals surface area contributed by atoms with Crippen LogP contribution in [0, 0.1) is 6.92 Å². The molecule has 1 fully saturated rings. The molecule has 5 nitrogen and oxygen atoms in total. The molecule has 0 spiro atoms. The van der Waals surface area contributed by atoms with Gasteiger partial charge < -0.3 is 10.5 Å². The maximum absolute atomic E-state index is 12.6. The molecule has 3 N–H and O–H groups in total. The third-order valence-corrected chi connectivity index (χ3v) is 6.07. The van der Waals surface area contributed by atoms with E-state index >= 15 is 0 Å². The average Bonchev–Trinajstić information content (AvgIpc) is 2.77. The highest BCUT2D eigenvalue weighted by Gasteiger charge is 2.35. The van der Waals surface area contributed by atoms with Gasteiger partial charge in [0.1, 0.15) is 0 Å². The van der Waals surface area contributed by atoms with Crippen LogP contribution >= 0.6 is 15.9 Å². The van der Waals surface area contributed by atoms with Crippen LogP contribution in [0.2, 0.25) is 0 Å². The van der Waals surface area contributed by atoms with Crippen LogP contribution in [0.25, 0.3) is 0 Å². The Hall–Kier alpha value is -0.470. The third kappa shape index (κ3) is 3.23. The van der Waals surface area contributed by atoms with Crippen molar-refractivity contribution in [2.45, 2.75) is 37.2 Å². The first-order valence-electron chi connectivity index (χ1n) is 6.38. The van der Waals surface area contributed by atoms with Gasteiger partial charge in [0, 0.05) is 17.6 Å². The van der Waals surface area contributed by atoms with Gasteiger partial charge in [-0.1, -0.05) is 15.9 Å². The third-order valence-electron chi connectivity index (χ3n) is 3.48. The van der Waals surface area contributed by atoms with Gasteiger partial charge in [-0.25, -0.2) is 13.1 Å². The van der Waals surface area contributed by atoms with Crippen molar-refractivity contribution in [1.82, 2.24) is 4.72 Å². The zero-order chi connectivity index (χ0) is 15.0. The largest absolute Gasteiger partial charge is 0.379 e. The highest BCUT2D eigenvalue weighted by atomic mass is 79.9. The molecule has 2 rings (SSSR count). The minimum absolute atomic E-state index is 0.264. The summed E-state index contributed by atoms with van der Waals surface area (Å²) in [6, 6.07) is 3.47. The van der Waals surface area contributed by atoms with Gasteiger partial charge in [0.15, 0.2) is 0 Å². The van der Waals surface area contributed by atoms with Crippen LogP contribution in [0.5, 0.6) is 0 Å². The van der Waals surface area contributed by atoms with Crippen molar-refractivity contribution in [2.24, 2.45) is 5.73 Å². The summed E-state index contributed by atoms with van der Waals surface area (Å²) in [4.78, 5) is 0.264. The molecule has 1 aromatic carbocycles. The predicted molar refractivity (Wildman–Crippen MR) is 80.9 cm³/mol. The quantitative estimate of drug-likeness (QED) is 0.853. The maximum atomic E-state index is 12.6. The molecule has 1 aliphatic heterocycles. The number of nitrogens with one attached hydrogen (secondary N) is 1. The SMILES string of the molecule is Cc1c(Br)cc(CN)cc1S(=O)(=O)NC1(C)CCOC1. The zero-order valence-electron chi connectivity index (χ0n) is 11.6. The Morgan fingerprint density at radius 1 is 1.50 bits per heavy atom. The number of halogens is 1. The molecule has 0 aromatic heterocycles. The van der Waals surface area contributed by atoms with Crippen molar-refractivity contribution >= 4 is 26.0 Å². The van der Waals surface area contributed by atoms with Gasteiger partial charge >= 0.3 is 0 Å². The lowest BCUT2D eigenvalue weighted by Gasteiger charge is -2.24. The monoisotopic (exact) mass is 362 g/mol. The van der Waals surface area contributed by atoms with Crippen LogP contribution in [-0.2, 0) is 21.3 Å². The number of ether oxygens (including phenoxy) is 1. The summed E-state index contributed by atoms with van der Waals surface area (Å²) in [6.45, 7) is 4.89. The molecule has 20 heavy (non-hydrogen) atoms. The number of benzene rings is 1. The fraction of sp³-hybridized carbons (Fsp3) is 0.538. The van der Waals surface area contributed by atoms with E-state index in [0.717, 1.165) is 10.0 Å². The van der Waals surface area contributed by atoms with E-state index in [1.807, 2.05) is 13.0 Å². The van der Waals surface area contributed by atoms with E-state index in [2.05, 4.69) is 20.7 Å². The molecule has 0 aliphatic carbocycles. The van der Waals surface area contributed by atoms with E-state index in [9.17, 15) is 8.42 Å². The fourth-order valence-corrected chi connectivity index (χ4v) is 4.61. The Morgan fingerprint density at radius 3 is 2.75 bits per heavy atom. The summed E-state index contributed by atoms with van der Waals surface area (Å²) in [5.74, 6) is 0. The van der Waals surface area contributed by atoms with Gasteiger partial charge in [0.25, 0.3) is 0 Å². The molecule has 0 saturated carbocycles. The van der Waals surface area contributed by atoms with Crippen LogP contribution in [0.3, 0.4) is 0 Å². The van der Waals surface area contributed by atoms with Gasteiger partial charge in [-0.3, -0.25) is 0 Å². The summed E-state index contributed by atoms with van der Waals surface area (Å²) in [7, 11) is -3.60. The molecule has 1 saturated heterocycles. The molecule has 0 radical (unpaired) electrons. The predicted octanol–water partition coefficient (Wildman–Crippen LogP) is 1.67. The highest BCUT2D eigenvalue weighted by molar-refractivity contribution is 9.10. The second-order valence-corrected chi connectivity index (χ2v) is 7.88. The summed E-state index contributed by atoms with van der Waals surface area (Å²) in [6.07, 6.45) is 0.670. The van der Waals surface area contributed by atoms with Crippen LogP contribution in [-0.4, -0.2) is 27.2 Å². The number of hydrogen-bond acceptors (Lipinski definition) is 4. The molecule has 1 heterocycles. The first-order valence-corrected chi connectivity index (χ1v) is 8.66. The Balaban J connectivity index is 2.41. The highest BCUT2D eigenvalue weighted by Crippen LogP contribution is 2.28. The van der Waals surface area contributed by atoms with Crippen molar-refractivity contribution < 1.29 is 13.2 Å². The smallest absolute Gasteiger partial charge is 0.241 e. The summed E-state index contributed by atoms with van der Waals surface area (Å²) in [5, 5.41) is 0. The van der Waals surface area contributed by atoms with Gasteiger partial charge in [-0.05, 0) is 43.5 Å². The molecule has 0 bridgehead atoms. The van der Waals surface area contributed by atoms with Crippen LogP contribution in [0.15, 0.2) is 21.5 Å². The van der Waals surface area contributed by atoms with E-state index in [1.165, 1.54) is 0 Å². The zero-order valence-corrected chi connectivity index (χ0v) is 14.0. The lowest BCUT2D eigenvalue weighted by Crippen LogP contribution is -2.46. The topological polar surface area (TPSA) is 81.4 Å². The van der Waals surface area contributed by atoms with Gasteiger partial charge in [-0.15, -0.1) is 0 Å². The molecule has 1 aliphatic rings. The lowest BCUT2D eigenvalue weighted by atomic mass is 10.0. The van der Waals surface area contributed by atoms with Crippen LogP contribution < -0.4 is 10.5 Å². The van der Waals surface area contributed by atoms with Crippen molar-refractivity contribution in [3.05, 3.63) is 27.7 Å². The summed E-state index contributed by atoms with van der Waals surface area (Å²) < 4.78 is 34.0. The average molecular weight is 363 g/mol. The minimum Gasteiger partial charge on any atom is -0.379 e. The molecule has 1 unspecified atom stereocenters. The molecule has 112 valence electrons. The summed E-state index contributed by atoms with van der Waals surface area (Å²) in [5.41, 5.74) is 6.52. The van der Waals surface area contributed by atoms with Crippen molar-refractivity contribution in [1.29, 1.82) is 0 Å². The van der Waals surface area contributed by atoms with Crippen molar-refractivity contribution in [3.63, 3.8) is 0 Å². The Labute approximate surface area is 128 Å². The number of rotatable bonds is 4. The Bertz CT molecular complexity index is 610. The van der Waals surface area contributed by atoms with Crippen molar-refractivity contribution in [2.75, 3.05) is 13.2 Å². The second-order valence-electron chi connectivity index (χ2n) is 5.37. The Morgan fingerprint density at radius 2 is 2.20 bits per heavy atom. The van der Waals surface area contributed by atoms with E-state index in [-0.39, 0.29) is 4.90 Å². The first-order chi connectivity index (χ1) is 9.27. The number of nitrogens with two attached hydrogens (primary N) is 1. The second kappa shape index (κ2) is 5.73. The molecule has 1 aromatic rings. The fourth-order valence-electron chi connectivity index (χ4n) is 2.23. The molecular weight excluding hydrogens is 344 g/mol. The molecule has 7 heteroatoms. The van der Waals surface area contributed by atoms with E-state index in [0.29, 0.717) is 31.7 Å². The summed E-state index contributed by atoms with van der Waals surface area (Å²) >= 11 is 3.38. The standard InChI is InChI=1S/C13H19BrN2O3S/c1-9-11(14)5-10(7-15)6-12(9)20(17,18)16-13(2)3-4-19-8-13/h5-6,16H,3-4,7-8,15H2,1-2H3. The lowest BCUT2D eigenvalue weighted by molar-refractivity contribution is 0.178. The first kappa shape index (κ1) is 15.9. The van der Waals surface area contributed by atoms with E-state index in [1.54, 1.807) is 13.0 Å². The van der Waals surface area contributed by atoms with Gasteiger partial charge in [-0.2, -0.15) is 0 Å². The van der Waals surface area contributed by atoms with Crippen LogP contribution in [0.1, 0.15) is 24.5 Å². The van der Waals surface area contributed by atoms with Gasteiger partial charge in [0.2, 0.25) is 10.0 Å². The molecule has 1 atom stereocenters. The van der Waals surface area contributed by atoms with Crippen LogP contribution in [0.4, 0.5) is 0 Å².